The van der Waals surface area contributed by atoms with Crippen LogP contribution in [-0.2, 0) is 9.59 Å². The van der Waals surface area contributed by atoms with E-state index < -0.39 is 5.97 Å². The zero-order valence-electron chi connectivity index (χ0n) is 14.4. The number of aliphatic carboxylic acids is 1. The fourth-order valence-corrected chi connectivity index (χ4v) is 3.80. The van der Waals surface area contributed by atoms with E-state index in [1.165, 1.54) is 6.42 Å². The number of hydrogen-bond acceptors (Lipinski definition) is 4. The fraction of sp³-hybridized carbons (Fsp3) is 0.474. The van der Waals surface area contributed by atoms with Gasteiger partial charge in [0.25, 0.3) is 0 Å². The molecule has 0 aromatic heterocycles. The van der Waals surface area contributed by atoms with E-state index in [4.69, 9.17) is 9.84 Å². The summed E-state index contributed by atoms with van der Waals surface area (Å²) >= 11 is 0. The highest BCUT2D eigenvalue weighted by molar-refractivity contribution is 5.84. The zero-order valence-corrected chi connectivity index (χ0v) is 14.4. The summed E-state index contributed by atoms with van der Waals surface area (Å²) in [5.74, 6) is 1.34. The van der Waals surface area contributed by atoms with E-state index in [2.05, 4.69) is 17.5 Å². The van der Waals surface area contributed by atoms with Crippen molar-refractivity contribution in [1.82, 2.24) is 5.32 Å². The molecule has 1 aromatic rings. The minimum Gasteiger partial charge on any atom is -0.497 e. The van der Waals surface area contributed by atoms with E-state index in [9.17, 15) is 9.59 Å². The number of rotatable bonds is 8. The predicted molar refractivity (Wildman–Crippen MR) is 94.7 cm³/mol. The van der Waals surface area contributed by atoms with Crippen molar-refractivity contribution < 1.29 is 19.4 Å². The quantitative estimate of drug-likeness (QED) is 0.705. The van der Waals surface area contributed by atoms with Crippen molar-refractivity contribution in [2.45, 2.75) is 12.8 Å². The van der Waals surface area contributed by atoms with Crippen LogP contribution < -0.4 is 15.0 Å². The molecule has 1 saturated carbocycles. The third-order valence-electron chi connectivity index (χ3n) is 5.08. The summed E-state index contributed by atoms with van der Waals surface area (Å²) in [5.41, 5.74) is 0.682. The Balaban J connectivity index is 1.56. The lowest BCUT2D eigenvalue weighted by Gasteiger charge is -2.24. The number of amides is 1. The van der Waals surface area contributed by atoms with Crippen LogP contribution in [0.4, 0.5) is 5.69 Å². The van der Waals surface area contributed by atoms with Crippen molar-refractivity contribution in [2.75, 3.05) is 31.6 Å². The molecular formula is C19H24N2O4. The number of ether oxygens (including phenoxy) is 1. The first-order valence-corrected chi connectivity index (χ1v) is 8.61. The minimum absolute atomic E-state index is 0.0231. The number of allylic oxidation sites excluding steroid dienone is 2. The first-order valence-electron chi connectivity index (χ1n) is 8.61. The van der Waals surface area contributed by atoms with Crippen LogP contribution in [0.25, 0.3) is 0 Å². The maximum absolute atomic E-state index is 12.3. The van der Waals surface area contributed by atoms with E-state index >= 15 is 0 Å². The third-order valence-corrected chi connectivity index (χ3v) is 5.08. The molecule has 3 unspecified atom stereocenters. The van der Waals surface area contributed by atoms with Crippen LogP contribution >= 0.6 is 0 Å². The number of fused-ring (bicyclic) bond motifs is 2. The highest BCUT2D eigenvalue weighted by atomic mass is 16.5. The van der Waals surface area contributed by atoms with Crippen LogP contribution in [0.15, 0.2) is 36.4 Å². The van der Waals surface area contributed by atoms with Gasteiger partial charge in [-0.1, -0.05) is 12.2 Å². The van der Waals surface area contributed by atoms with Gasteiger partial charge >= 0.3 is 5.97 Å². The van der Waals surface area contributed by atoms with Crippen LogP contribution in [-0.4, -0.2) is 43.7 Å². The maximum Gasteiger partial charge on any atom is 0.323 e. The van der Waals surface area contributed by atoms with Gasteiger partial charge in [0.1, 0.15) is 12.3 Å². The summed E-state index contributed by atoms with van der Waals surface area (Å²) in [6.45, 7) is 0.458. The van der Waals surface area contributed by atoms with E-state index in [1.807, 2.05) is 0 Å². The largest absolute Gasteiger partial charge is 0.497 e. The second kappa shape index (κ2) is 7.59. The maximum atomic E-state index is 12.3. The number of hydrogen-bond donors (Lipinski definition) is 2. The first kappa shape index (κ1) is 17.3. The topological polar surface area (TPSA) is 78.9 Å². The molecule has 0 saturated heterocycles. The second-order valence-corrected chi connectivity index (χ2v) is 6.79. The van der Waals surface area contributed by atoms with Crippen molar-refractivity contribution >= 4 is 17.6 Å². The first-order chi connectivity index (χ1) is 12.0. The molecule has 6 heteroatoms. The monoisotopic (exact) mass is 344 g/mol. The molecule has 1 amide bonds. The number of anilines is 1. The lowest BCUT2D eigenvalue weighted by Crippen LogP contribution is -2.41. The molecule has 0 radical (unpaired) electrons. The molecule has 2 aliphatic rings. The lowest BCUT2D eigenvalue weighted by atomic mass is 9.94. The van der Waals surface area contributed by atoms with Crippen LogP contribution in [0.5, 0.6) is 5.75 Å². The Kier molecular flexibility index (Phi) is 5.26. The Morgan fingerprint density at radius 3 is 2.52 bits per heavy atom. The van der Waals surface area contributed by atoms with Crippen molar-refractivity contribution in [1.29, 1.82) is 0 Å². The van der Waals surface area contributed by atoms with Crippen LogP contribution in [0.3, 0.4) is 0 Å². The van der Waals surface area contributed by atoms with E-state index in [0.29, 0.717) is 35.7 Å². The number of nitrogens with zero attached hydrogens (tertiary/aromatic N) is 1. The molecule has 0 spiro atoms. The van der Waals surface area contributed by atoms with Gasteiger partial charge in [0.2, 0.25) is 5.91 Å². The average Bonchev–Trinajstić information content (AvgIpc) is 3.22. The normalized spacial score (nSPS) is 23.5. The molecule has 6 nitrogen and oxygen atoms in total. The summed E-state index contributed by atoms with van der Waals surface area (Å²) in [6, 6.07) is 7.03. The van der Waals surface area contributed by atoms with Gasteiger partial charge in [0, 0.05) is 12.2 Å². The van der Waals surface area contributed by atoms with Crippen molar-refractivity contribution in [3.63, 3.8) is 0 Å². The van der Waals surface area contributed by atoms with Gasteiger partial charge in [0.15, 0.2) is 0 Å². The molecule has 134 valence electrons. The second-order valence-electron chi connectivity index (χ2n) is 6.79. The zero-order chi connectivity index (χ0) is 17.8. The number of benzene rings is 1. The smallest absolute Gasteiger partial charge is 0.323 e. The number of carboxylic acids is 1. The molecule has 2 bridgehead atoms. The molecule has 3 rings (SSSR count). The fourth-order valence-electron chi connectivity index (χ4n) is 3.80. The summed E-state index contributed by atoms with van der Waals surface area (Å²) in [5, 5.41) is 12.1. The number of carboxylic acid groups (broad SMARTS) is 1. The Morgan fingerprint density at radius 1 is 1.20 bits per heavy atom. The van der Waals surface area contributed by atoms with Gasteiger partial charge in [-0.3, -0.25) is 9.59 Å². The highest BCUT2D eigenvalue weighted by Gasteiger charge is 2.35. The number of methoxy groups -OCH3 is 1. The molecule has 0 aliphatic heterocycles. The Labute approximate surface area is 147 Å². The molecule has 1 aromatic carbocycles. The summed E-state index contributed by atoms with van der Waals surface area (Å²) < 4.78 is 5.11. The van der Waals surface area contributed by atoms with E-state index in [0.717, 1.165) is 6.42 Å². The van der Waals surface area contributed by atoms with Crippen LogP contribution in [0, 0.1) is 17.8 Å². The average molecular weight is 344 g/mol. The van der Waals surface area contributed by atoms with E-state index in [1.54, 1.807) is 36.3 Å². The predicted octanol–water partition coefficient (Wildman–Crippen LogP) is 1.91. The van der Waals surface area contributed by atoms with Crippen LogP contribution in [0.1, 0.15) is 12.8 Å². The summed E-state index contributed by atoms with van der Waals surface area (Å²) in [6.07, 6.45) is 6.89. The number of carbonyl (C=O) groups excluding carboxylic acids is 1. The van der Waals surface area contributed by atoms with Gasteiger partial charge in [-0.05, 0) is 54.9 Å². The van der Waals surface area contributed by atoms with Gasteiger partial charge < -0.3 is 20.1 Å². The lowest BCUT2D eigenvalue weighted by molar-refractivity contribution is -0.135. The standard InChI is InChI=1S/C19H24N2O4/c1-25-17-6-4-16(5-7-17)21(12-19(23)24)11-18(22)20-10-15-9-13-2-3-14(15)8-13/h2-7,13-15H,8-12H2,1H3,(H,20,22)(H,23,24). The third kappa shape index (κ3) is 4.32. The van der Waals surface area contributed by atoms with Crippen LogP contribution in [0.2, 0.25) is 0 Å². The van der Waals surface area contributed by atoms with Gasteiger partial charge in [-0.2, -0.15) is 0 Å². The summed E-state index contributed by atoms with van der Waals surface area (Å²) in [4.78, 5) is 25.0. The SMILES string of the molecule is COc1ccc(N(CC(=O)O)CC(=O)NCC2CC3C=CC2C3)cc1. The highest BCUT2D eigenvalue weighted by Crippen LogP contribution is 2.42. The summed E-state index contributed by atoms with van der Waals surface area (Å²) in [7, 11) is 1.57. The van der Waals surface area contributed by atoms with Gasteiger partial charge in [-0.15, -0.1) is 0 Å². The van der Waals surface area contributed by atoms with E-state index in [-0.39, 0.29) is 19.0 Å². The minimum atomic E-state index is -0.971. The Bertz CT molecular complexity index is 656. The molecule has 1 fully saturated rings. The van der Waals surface area contributed by atoms with Gasteiger partial charge in [0.05, 0.1) is 13.7 Å². The molecule has 2 aliphatic carbocycles. The Morgan fingerprint density at radius 2 is 1.96 bits per heavy atom. The molecule has 3 atom stereocenters. The molecule has 25 heavy (non-hydrogen) atoms. The molecule has 2 N–H and O–H groups in total. The Hall–Kier alpha value is -2.50. The van der Waals surface area contributed by atoms with Crippen molar-refractivity contribution in [3.05, 3.63) is 36.4 Å². The molecule has 0 heterocycles. The van der Waals surface area contributed by atoms with Crippen molar-refractivity contribution in [3.8, 4) is 5.75 Å². The molecular weight excluding hydrogens is 320 g/mol. The number of carbonyl (C=O) groups is 2. The van der Waals surface area contributed by atoms with Gasteiger partial charge in [-0.25, -0.2) is 0 Å². The number of nitrogens with one attached hydrogen (secondary N) is 1. The van der Waals surface area contributed by atoms with Crippen molar-refractivity contribution in [2.24, 2.45) is 17.8 Å².